The summed E-state index contributed by atoms with van der Waals surface area (Å²) in [6, 6.07) is 13.3. The van der Waals surface area contributed by atoms with E-state index in [1.165, 1.54) is 24.3 Å². The summed E-state index contributed by atoms with van der Waals surface area (Å²) < 4.78 is 26.6. The Morgan fingerprint density at radius 3 is 2.47 bits per heavy atom. The minimum atomic E-state index is -3.77. The first-order chi connectivity index (χ1) is 15.3. The number of fused-ring (bicyclic) bond motifs is 1. The standard InChI is InChI=1S/C22H24Cl2N4O3S/c1-2-28(32(30,31)18-7-4-16(23)5-8-18)15-22(29)27-12-3-11-25-20-10-13-26-21-14-17(24)6-9-19(20)21/h4-10,13-14H,2-3,11-12,15H2,1H3,(H,25,26)(H,27,29). The maximum Gasteiger partial charge on any atom is 0.243 e. The maximum absolute atomic E-state index is 12.8. The van der Waals surface area contributed by atoms with Crippen molar-refractivity contribution in [3.05, 3.63) is 64.8 Å². The highest BCUT2D eigenvalue weighted by atomic mass is 35.5. The minimum Gasteiger partial charge on any atom is -0.384 e. The van der Waals surface area contributed by atoms with Gasteiger partial charge in [0.1, 0.15) is 0 Å². The van der Waals surface area contributed by atoms with Crippen molar-refractivity contribution in [2.24, 2.45) is 0 Å². The number of likely N-dealkylation sites (N-methyl/N-ethyl adjacent to an activating group) is 1. The molecule has 1 heterocycles. The van der Waals surface area contributed by atoms with Crippen molar-refractivity contribution >= 4 is 55.7 Å². The summed E-state index contributed by atoms with van der Waals surface area (Å²) in [6.07, 6.45) is 2.38. The van der Waals surface area contributed by atoms with Crippen LogP contribution in [-0.4, -0.2) is 49.8 Å². The van der Waals surface area contributed by atoms with Crippen LogP contribution < -0.4 is 10.6 Å². The van der Waals surface area contributed by atoms with Gasteiger partial charge in [-0.1, -0.05) is 30.1 Å². The van der Waals surface area contributed by atoms with E-state index in [1.54, 1.807) is 19.2 Å². The Bertz CT molecular complexity index is 1190. The van der Waals surface area contributed by atoms with Crippen LogP contribution in [0.5, 0.6) is 0 Å². The molecule has 2 N–H and O–H groups in total. The van der Waals surface area contributed by atoms with Gasteiger partial charge in [0.2, 0.25) is 15.9 Å². The number of rotatable bonds is 10. The second kappa shape index (κ2) is 11.0. The van der Waals surface area contributed by atoms with Crippen LogP contribution in [0, 0.1) is 0 Å². The van der Waals surface area contributed by atoms with Crippen LogP contribution in [0.4, 0.5) is 5.69 Å². The molecule has 0 fully saturated rings. The lowest BCUT2D eigenvalue weighted by molar-refractivity contribution is -0.121. The normalized spacial score (nSPS) is 11.6. The Kier molecular flexibility index (Phi) is 8.31. The van der Waals surface area contributed by atoms with Crippen molar-refractivity contribution < 1.29 is 13.2 Å². The average molecular weight is 495 g/mol. The zero-order chi connectivity index (χ0) is 23.1. The third-order valence-corrected chi connectivity index (χ3v) is 7.24. The second-order valence-electron chi connectivity index (χ2n) is 7.04. The zero-order valence-electron chi connectivity index (χ0n) is 17.5. The molecule has 1 amide bonds. The van der Waals surface area contributed by atoms with E-state index in [0.717, 1.165) is 20.9 Å². The van der Waals surface area contributed by atoms with Crippen LogP contribution in [-0.2, 0) is 14.8 Å². The van der Waals surface area contributed by atoms with Crippen LogP contribution in [0.2, 0.25) is 10.0 Å². The first-order valence-electron chi connectivity index (χ1n) is 10.1. The summed E-state index contributed by atoms with van der Waals surface area (Å²) in [4.78, 5) is 16.7. The number of carbonyl (C=O) groups is 1. The molecule has 32 heavy (non-hydrogen) atoms. The number of nitrogens with one attached hydrogen (secondary N) is 2. The highest BCUT2D eigenvalue weighted by Crippen LogP contribution is 2.24. The molecule has 0 saturated heterocycles. The Hall–Kier alpha value is -2.39. The molecule has 3 rings (SSSR count). The van der Waals surface area contributed by atoms with Gasteiger partial charge in [0, 0.05) is 46.9 Å². The Morgan fingerprint density at radius 1 is 1.03 bits per heavy atom. The monoisotopic (exact) mass is 494 g/mol. The summed E-state index contributed by atoms with van der Waals surface area (Å²) in [6.45, 7) is 2.67. The quantitative estimate of drug-likeness (QED) is 0.412. The van der Waals surface area contributed by atoms with Crippen LogP contribution in [0.3, 0.4) is 0 Å². The van der Waals surface area contributed by atoms with Gasteiger partial charge in [0.25, 0.3) is 0 Å². The van der Waals surface area contributed by atoms with E-state index in [4.69, 9.17) is 23.2 Å². The van der Waals surface area contributed by atoms with E-state index >= 15 is 0 Å². The molecule has 7 nitrogen and oxygen atoms in total. The third-order valence-electron chi connectivity index (χ3n) is 4.82. The van der Waals surface area contributed by atoms with Crippen LogP contribution in [0.15, 0.2) is 59.6 Å². The molecule has 2 aromatic carbocycles. The predicted octanol–water partition coefficient (Wildman–Crippen LogP) is 4.17. The topological polar surface area (TPSA) is 91.4 Å². The molecule has 0 atom stereocenters. The summed E-state index contributed by atoms with van der Waals surface area (Å²) in [5.74, 6) is -0.353. The number of halogens is 2. The highest BCUT2D eigenvalue weighted by molar-refractivity contribution is 7.89. The molecule has 1 aromatic heterocycles. The fourth-order valence-corrected chi connectivity index (χ4v) is 4.85. The lowest BCUT2D eigenvalue weighted by atomic mass is 10.2. The lowest BCUT2D eigenvalue weighted by Crippen LogP contribution is -2.41. The van der Waals surface area contributed by atoms with E-state index in [2.05, 4.69) is 15.6 Å². The Labute approximate surface area is 197 Å². The van der Waals surface area contributed by atoms with Crippen molar-refractivity contribution in [3.63, 3.8) is 0 Å². The van der Waals surface area contributed by atoms with Gasteiger partial charge in [0.15, 0.2) is 0 Å². The predicted molar refractivity (Wildman–Crippen MR) is 129 cm³/mol. The van der Waals surface area contributed by atoms with Gasteiger partial charge in [-0.2, -0.15) is 4.31 Å². The molecule has 10 heteroatoms. The number of pyridine rings is 1. The smallest absolute Gasteiger partial charge is 0.243 e. The van der Waals surface area contributed by atoms with Crippen molar-refractivity contribution in [1.29, 1.82) is 0 Å². The molecular formula is C22H24Cl2N4O3S. The van der Waals surface area contributed by atoms with Crippen molar-refractivity contribution in [1.82, 2.24) is 14.6 Å². The van der Waals surface area contributed by atoms with E-state index < -0.39 is 10.0 Å². The number of carbonyl (C=O) groups excluding carboxylic acids is 1. The van der Waals surface area contributed by atoms with Gasteiger partial charge >= 0.3 is 0 Å². The molecule has 3 aromatic rings. The molecule has 0 unspecified atom stereocenters. The van der Waals surface area contributed by atoms with Crippen LogP contribution in [0.25, 0.3) is 10.9 Å². The first-order valence-corrected chi connectivity index (χ1v) is 12.3. The average Bonchev–Trinajstić information content (AvgIpc) is 2.77. The van der Waals surface area contributed by atoms with Crippen LogP contribution >= 0.6 is 23.2 Å². The number of amides is 1. The van der Waals surface area contributed by atoms with Gasteiger partial charge in [-0.3, -0.25) is 9.78 Å². The zero-order valence-corrected chi connectivity index (χ0v) is 19.8. The molecule has 0 saturated carbocycles. The fourth-order valence-electron chi connectivity index (χ4n) is 3.15. The summed E-state index contributed by atoms with van der Waals surface area (Å²) in [5.41, 5.74) is 1.74. The van der Waals surface area contributed by atoms with Crippen LogP contribution in [0.1, 0.15) is 13.3 Å². The molecule has 0 spiro atoms. The fraction of sp³-hybridized carbons (Fsp3) is 0.273. The molecule has 170 valence electrons. The Balaban J connectivity index is 1.48. The number of benzene rings is 2. The molecule has 0 aliphatic rings. The van der Waals surface area contributed by atoms with E-state index in [9.17, 15) is 13.2 Å². The van der Waals surface area contributed by atoms with Gasteiger partial charge in [0.05, 0.1) is 17.0 Å². The van der Waals surface area contributed by atoms with E-state index in [0.29, 0.717) is 29.6 Å². The summed E-state index contributed by atoms with van der Waals surface area (Å²) in [7, 11) is -3.77. The van der Waals surface area contributed by atoms with Gasteiger partial charge in [-0.05, 0) is 55.0 Å². The first kappa shape index (κ1) is 24.3. The minimum absolute atomic E-state index is 0.103. The number of sulfonamides is 1. The maximum atomic E-state index is 12.8. The van der Waals surface area contributed by atoms with Crippen molar-refractivity contribution in [2.45, 2.75) is 18.2 Å². The van der Waals surface area contributed by atoms with Gasteiger partial charge in [-0.25, -0.2) is 8.42 Å². The number of hydrogen-bond acceptors (Lipinski definition) is 5. The Morgan fingerprint density at radius 2 is 1.75 bits per heavy atom. The molecule has 0 aliphatic heterocycles. The highest BCUT2D eigenvalue weighted by Gasteiger charge is 2.25. The largest absolute Gasteiger partial charge is 0.384 e. The molecule has 0 radical (unpaired) electrons. The second-order valence-corrected chi connectivity index (χ2v) is 9.85. The van der Waals surface area contributed by atoms with Gasteiger partial charge in [-0.15, -0.1) is 0 Å². The summed E-state index contributed by atoms with van der Waals surface area (Å²) in [5, 5.41) is 8.15. The molecule has 0 aliphatic carbocycles. The lowest BCUT2D eigenvalue weighted by Gasteiger charge is -2.20. The van der Waals surface area contributed by atoms with Gasteiger partial charge < -0.3 is 10.6 Å². The van der Waals surface area contributed by atoms with Crippen molar-refractivity contribution in [3.8, 4) is 0 Å². The van der Waals surface area contributed by atoms with E-state index in [-0.39, 0.29) is 23.9 Å². The summed E-state index contributed by atoms with van der Waals surface area (Å²) >= 11 is 11.8. The SMILES string of the molecule is CCN(CC(=O)NCCCNc1ccnc2cc(Cl)ccc12)S(=O)(=O)c1ccc(Cl)cc1. The number of hydrogen-bond donors (Lipinski definition) is 2. The number of anilines is 1. The third kappa shape index (κ3) is 6.10. The van der Waals surface area contributed by atoms with Crippen molar-refractivity contribution in [2.75, 3.05) is 31.5 Å². The molecular weight excluding hydrogens is 471 g/mol. The molecule has 0 bridgehead atoms. The number of aromatic nitrogens is 1. The van der Waals surface area contributed by atoms with E-state index in [1.807, 2.05) is 18.2 Å². The number of nitrogens with zero attached hydrogens (tertiary/aromatic N) is 2.